The largest absolute Gasteiger partial charge is 0.481 e. The molecule has 0 saturated carbocycles. The number of phosphoric acid groups is 3. The maximum absolute atomic E-state index is 12.8. The molecule has 0 aliphatic carbocycles. The highest BCUT2D eigenvalue weighted by Crippen LogP contribution is 2.61. The van der Waals surface area contributed by atoms with Crippen molar-refractivity contribution in [2.24, 2.45) is 5.41 Å². The normalized spacial score (nSPS) is 24.1. The van der Waals surface area contributed by atoms with Crippen LogP contribution in [0.15, 0.2) is 12.7 Å². The SMILES string of the molecule is C[C@H](CCCCCCCCCCCCCCCCCCC(=O)SCCNC(=O)CCNC(=O)[C@H](O)C(C)(C)COP(=O)(O)OP(=O)(O)OC[C@H]1O[C@@H](n2cnc3c(N)ncnc32)[C@H](O)[C@@H]1OP(=O)(O)O)O[C@@H]1O[C@@H](C)[C@H](O)C[C@H]1O. The van der Waals surface area contributed by atoms with Crippen molar-refractivity contribution in [2.45, 2.75) is 217 Å². The summed E-state index contributed by atoms with van der Waals surface area (Å²) in [5, 5.41) is 46.7. The predicted octanol–water partition coefficient (Wildman–Crippen LogP) is 4.95. The standard InChI is InChI=1S/C48H86N7O21P3S/c1-32(72-47-35(57)27-34(56)33(2)73-47)21-19-17-15-13-11-9-7-5-6-8-10-12-14-16-18-20-22-38(59)80-26-25-50-37(58)23-24-51-45(62)42(61)48(3,4)29-71-79(68,69)76-78(66,67)70-28-36-41(75-77(63,64)65)40(60)46(74-36)55-31-54-39-43(49)52-30-53-44(39)55/h30-36,40-42,46-47,56-57,60-61H,5-29H2,1-4H3,(H,50,58)(H,51,62)(H,66,67)(H,68,69)(H2,49,52,53)(H2,63,64,65)/t32-,33+,34-,35-,36-,40-,41-,42+,46-,47-/m1/s1. The number of phosphoric ester groups is 3. The van der Waals surface area contributed by atoms with Gasteiger partial charge in [0.25, 0.3) is 0 Å². The number of carbonyl (C=O) groups is 3. The number of carbonyl (C=O) groups excluding carboxylic acids is 3. The minimum Gasteiger partial charge on any atom is -0.390 e. The van der Waals surface area contributed by atoms with Crippen molar-refractivity contribution in [3.8, 4) is 0 Å². The van der Waals surface area contributed by atoms with Crippen molar-refractivity contribution in [1.29, 1.82) is 0 Å². The van der Waals surface area contributed by atoms with Crippen LogP contribution in [-0.2, 0) is 60.2 Å². The van der Waals surface area contributed by atoms with Crippen LogP contribution in [0.5, 0.6) is 0 Å². The number of fused-ring (bicyclic) bond motifs is 1. The summed E-state index contributed by atoms with van der Waals surface area (Å²) in [6, 6.07) is 0. The topological polar surface area (TPSA) is 423 Å². The van der Waals surface area contributed by atoms with Gasteiger partial charge in [0.05, 0.1) is 37.9 Å². The van der Waals surface area contributed by atoms with E-state index in [1.807, 2.05) is 6.92 Å². The fourth-order valence-corrected chi connectivity index (χ4v) is 12.5. The van der Waals surface area contributed by atoms with Crippen LogP contribution in [0, 0.1) is 5.41 Å². The summed E-state index contributed by atoms with van der Waals surface area (Å²) >= 11 is 1.14. The highest BCUT2D eigenvalue weighted by molar-refractivity contribution is 8.13. The summed E-state index contributed by atoms with van der Waals surface area (Å²) in [5.74, 6) is -1.06. The van der Waals surface area contributed by atoms with Crippen molar-refractivity contribution in [3.05, 3.63) is 12.7 Å². The first kappa shape index (κ1) is 69.9. The first-order valence-electron chi connectivity index (χ1n) is 27.4. The number of hydrogen-bond acceptors (Lipinski definition) is 22. The average Bonchev–Trinajstić information content (AvgIpc) is 3.94. The van der Waals surface area contributed by atoms with Crippen LogP contribution in [0.3, 0.4) is 0 Å². The third-order valence-electron chi connectivity index (χ3n) is 13.6. The molecule has 460 valence electrons. The Labute approximate surface area is 471 Å². The second kappa shape index (κ2) is 34.4. The van der Waals surface area contributed by atoms with Crippen molar-refractivity contribution >= 4 is 69.1 Å². The monoisotopic (exact) mass is 1220 g/mol. The zero-order valence-corrected chi connectivity index (χ0v) is 49.6. The molecule has 12 N–H and O–H groups in total. The van der Waals surface area contributed by atoms with Gasteiger partial charge in [0.15, 0.2) is 29.1 Å². The highest BCUT2D eigenvalue weighted by atomic mass is 32.2. The van der Waals surface area contributed by atoms with Gasteiger partial charge in [0.2, 0.25) is 11.8 Å². The van der Waals surface area contributed by atoms with Gasteiger partial charge in [0.1, 0.15) is 42.4 Å². The minimum absolute atomic E-state index is 0.00321. The summed E-state index contributed by atoms with van der Waals surface area (Å²) in [6.45, 7) is 4.33. The van der Waals surface area contributed by atoms with Gasteiger partial charge in [0, 0.05) is 43.5 Å². The van der Waals surface area contributed by atoms with Crippen molar-refractivity contribution in [3.63, 3.8) is 0 Å². The van der Waals surface area contributed by atoms with E-state index in [0.29, 0.717) is 12.2 Å². The first-order chi connectivity index (χ1) is 37.7. The number of nitrogen functional groups attached to an aromatic ring is 1. The summed E-state index contributed by atoms with van der Waals surface area (Å²) in [6.07, 6.45) is 11.1. The summed E-state index contributed by atoms with van der Waals surface area (Å²) in [7, 11) is -16.4. The van der Waals surface area contributed by atoms with E-state index in [-0.39, 0.29) is 60.2 Å². The molecule has 0 spiro atoms. The fourth-order valence-electron chi connectivity index (χ4n) is 8.91. The Hall–Kier alpha value is -2.60. The fraction of sp³-hybridized carbons (Fsp3) is 0.833. The molecule has 2 aliphatic rings. The van der Waals surface area contributed by atoms with E-state index in [1.165, 1.54) is 84.5 Å². The number of thioether (sulfide) groups is 1. The number of anilines is 1. The number of nitrogens with one attached hydrogen (secondary N) is 2. The van der Waals surface area contributed by atoms with E-state index in [2.05, 4.69) is 34.4 Å². The number of aromatic nitrogens is 4. The van der Waals surface area contributed by atoms with Crippen LogP contribution in [0.25, 0.3) is 11.2 Å². The van der Waals surface area contributed by atoms with Crippen molar-refractivity contribution in [2.75, 3.05) is 37.8 Å². The quantitative estimate of drug-likeness (QED) is 0.0310. The third-order valence-corrected chi connectivity index (χ3v) is 17.6. The lowest BCUT2D eigenvalue weighted by atomic mass is 9.87. The summed E-state index contributed by atoms with van der Waals surface area (Å²) in [4.78, 5) is 88.7. The lowest BCUT2D eigenvalue weighted by Crippen LogP contribution is -2.48. The summed E-state index contributed by atoms with van der Waals surface area (Å²) in [5.41, 5.74) is 4.28. The van der Waals surface area contributed by atoms with Gasteiger partial charge in [-0.05, 0) is 26.7 Å². The number of ether oxygens (including phenoxy) is 3. The van der Waals surface area contributed by atoms with E-state index in [0.717, 1.165) is 67.5 Å². The summed E-state index contributed by atoms with van der Waals surface area (Å²) < 4.78 is 74.1. The Morgan fingerprint density at radius 2 is 1.40 bits per heavy atom. The number of nitrogens with two attached hydrogens (primary N) is 1. The van der Waals surface area contributed by atoms with Crippen LogP contribution < -0.4 is 16.4 Å². The lowest BCUT2D eigenvalue weighted by molar-refractivity contribution is -0.273. The van der Waals surface area contributed by atoms with Gasteiger partial charge in [-0.1, -0.05) is 122 Å². The number of aliphatic hydroxyl groups excluding tert-OH is 4. The molecule has 2 aromatic rings. The van der Waals surface area contributed by atoms with Gasteiger partial charge >= 0.3 is 23.5 Å². The molecule has 4 rings (SSSR count). The molecule has 4 heterocycles. The molecule has 0 bridgehead atoms. The Morgan fingerprint density at radius 3 is 2.01 bits per heavy atom. The van der Waals surface area contributed by atoms with Gasteiger partial charge < -0.3 is 70.6 Å². The van der Waals surface area contributed by atoms with Gasteiger partial charge in [-0.2, -0.15) is 4.31 Å². The lowest BCUT2D eigenvalue weighted by Gasteiger charge is -2.36. The zero-order chi connectivity index (χ0) is 59.1. The Kier molecular flexibility index (Phi) is 30.0. The third kappa shape index (κ3) is 25.3. The molecule has 28 nitrogen and oxygen atoms in total. The second-order valence-electron chi connectivity index (χ2n) is 21.0. The van der Waals surface area contributed by atoms with Gasteiger partial charge in [-0.25, -0.2) is 28.6 Å². The number of aliphatic hydroxyl groups is 4. The Balaban J connectivity index is 0.963. The smallest absolute Gasteiger partial charge is 0.390 e. The molecule has 2 amide bonds. The van der Waals surface area contributed by atoms with Crippen molar-refractivity contribution < 1.29 is 100 Å². The molecule has 0 radical (unpaired) electrons. The molecule has 2 fully saturated rings. The second-order valence-corrected chi connectivity index (χ2v) is 26.4. The number of nitrogens with zero attached hydrogens (tertiary/aromatic N) is 4. The van der Waals surface area contributed by atoms with Gasteiger partial charge in [-0.15, -0.1) is 0 Å². The molecule has 80 heavy (non-hydrogen) atoms. The van der Waals surface area contributed by atoms with E-state index >= 15 is 0 Å². The highest BCUT2D eigenvalue weighted by Gasteiger charge is 2.50. The van der Waals surface area contributed by atoms with Crippen LogP contribution >= 0.6 is 35.2 Å². The number of amides is 2. The Bertz CT molecular complexity index is 2360. The number of hydrogen-bond donors (Lipinski definition) is 11. The van der Waals surface area contributed by atoms with E-state index in [4.69, 9.17) is 29.0 Å². The van der Waals surface area contributed by atoms with Crippen LogP contribution in [0.1, 0.15) is 162 Å². The molecule has 2 saturated heterocycles. The average molecular weight is 1220 g/mol. The molecule has 32 heteroatoms. The van der Waals surface area contributed by atoms with Crippen LogP contribution in [0.2, 0.25) is 0 Å². The van der Waals surface area contributed by atoms with Crippen molar-refractivity contribution in [1.82, 2.24) is 30.2 Å². The maximum atomic E-state index is 12.8. The molecule has 0 aromatic carbocycles. The first-order valence-corrected chi connectivity index (χ1v) is 32.9. The number of rotatable bonds is 40. The molecule has 2 unspecified atom stereocenters. The zero-order valence-electron chi connectivity index (χ0n) is 46.1. The molecular formula is C48H86N7O21P3S. The molecule has 12 atom stereocenters. The van der Waals surface area contributed by atoms with Crippen LogP contribution in [0.4, 0.5) is 5.82 Å². The molecular weight excluding hydrogens is 1140 g/mol. The number of imidazole rings is 1. The molecule has 2 aliphatic heterocycles. The minimum atomic E-state index is -5.59. The van der Waals surface area contributed by atoms with E-state index in [9.17, 15) is 68.1 Å². The number of unbranched alkanes of at least 4 members (excludes halogenated alkanes) is 15. The van der Waals surface area contributed by atoms with E-state index < -0.39 is 103 Å². The van der Waals surface area contributed by atoms with Gasteiger partial charge in [-0.3, -0.25) is 32.5 Å². The maximum Gasteiger partial charge on any atom is 0.481 e. The molecule has 2 aromatic heterocycles. The van der Waals surface area contributed by atoms with E-state index in [1.54, 1.807) is 6.92 Å². The Morgan fingerprint density at radius 1 is 0.812 bits per heavy atom. The predicted molar refractivity (Wildman–Crippen MR) is 292 cm³/mol. The van der Waals surface area contributed by atoms with Crippen LogP contribution in [-0.4, -0.2) is 164 Å².